The highest BCUT2D eigenvalue weighted by molar-refractivity contribution is 5.76. The van der Waals surface area contributed by atoms with Gasteiger partial charge in [-0.3, -0.25) is 4.79 Å². The first-order chi connectivity index (χ1) is 9.96. The summed E-state index contributed by atoms with van der Waals surface area (Å²) in [5.41, 5.74) is 0.879. The SMILES string of the molecule is CC(C)(C)NC(=O)CCNCc1cccc2c1OCCO2. The van der Waals surface area contributed by atoms with E-state index < -0.39 is 0 Å². The third-order valence-electron chi connectivity index (χ3n) is 3.01. The summed E-state index contributed by atoms with van der Waals surface area (Å²) >= 11 is 0. The Morgan fingerprint density at radius 3 is 2.76 bits per heavy atom. The highest BCUT2D eigenvalue weighted by atomic mass is 16.6. The number of nitrogens with one attached hydrogen (secondary N) is 2. The molecule has 0 unspecified atom stereocenters. The topological polar surface area (TPSA) is 59.6 Å². The van der Waals surface area contributed by atoms with Crippen molar-refractivity contribution in [3.05, 3.63) is 23.8 Å². The van der Waals surface area contributed by atoms with Crippen molar-refractivity contribution in [2.45, 2.75) is 39.3 Å². The molecule has 0 saturated heterocycles. The third-order valence-corrected chi connectivity index (χ3v) is 3.01. The van der Waals surface area contributed by atoms with Gasteiger partial charge in [-0.1, -0.05) is 12.1 Å². The fraction of sp³-hybridized carbons (Fsp3) is 0.562. The molecule has 2 N–H and O–H groups in total. The third kappa shape index (κ3) is 4.93. The number of ether oxygens (including phenoxy) is 2. The minimum absolute atomic E-state index is 0.0599. The fourth-order valence-electron chi connectivity index (χ4n) is 2.18. The van der Waals surface area contributed by atoms with Gasteiger partial charge in [-0.15, -0.1) is 0 Å². The first-order valence-corrected chi connectivity index (χ1v) is 7.35. The van der Waals surface area contributed by atoms with Crippen molar-refractivity contribution in [3.8, 4) is 11.5 Å². The molecular formula is C16H24N2O3. The quantitative estimate of drug-likeness (QED) is 0.813. The number of amides is 1. The number of carbonyl (C=O) groups is 1. The van der Waals surface area contributed by atoms with Crippen LogP contribution in [0.25, 0.3) is 0 Å². The highest BCUT2D eigenvalue weighted by Gasteiger charge is 2.16. The number of rotatable bonds is 5. The van der Waals surface area contributed by atoms with Gasteiger partial charge in [0, 0.05) is 30.6 Å². The molecule has 0 aliphatic carbocycles. The lowest BCUT2D eigenvalue weighted by molar-refractivity contribution is -0.122. The van der Waals surface area contributed by atoms with Gasteiger partial charge in [0.05, 0.1) is 0 Å². The smallest absolute Gasteiger partial charge is 0.221 e. The van der Waals surface area contributed by atoms with Crippen molar-refractivity contribution in [1.29, 1.82) is 0 Å². The number of fused-ring (bicyclic) bond motifs is 1. The van der Waals surface area contributed by atoms with Crippen molar-refractivity contribution in [2.24, 2.45) is 0 Å². The van der Waals surface area contributed by atoms with E-state index in [4.69, 9.17) is 9.47 Å². The van der Waals surface area contributed by atoms with Crippen molar-refractivity contribution in [1.82, 2.24) is 10.6 Å². The normalized spacial score (nSPS) is 13.9. The van der Waals surface area contributed by atoms with Gasteiger partial charge in [-0.2, -0.15) is 0 Å². The Bertz CT molecular complexity index is 495. The largest absolute Gasteiger partial charge is 0.486 e. The van der Waals surface area contributed by atoms with Crippen molar-refractivity contribution < 1.29 is 14.3 Å². The first-order valence-electron chi connectivity index (χ1n) is 7.35. The number of benzene rings is 1. The van der Waals surface area contributed by atoms with Crippen LogP contribution >= 0.6 is 0 Å². The maximum absolute atomic E-state index is 11.7. The van der Waals surface area contributed by atoms with Crippen LogP contribution in [0, 0.1) is 0 Å². The minimum Gasteiger partial charge on any atom is -0.486 e. The van der Waals surface area contributed by atoms with Gasteiger partial charge in [-0.05, 0) is 26.8 Å². The molecule has 21 heavy (non-hydrogen) atoms. The molecule has 2 rings (SSSR count). The molecule has 1 aromatic rings. The average molecular weight is 292 g/mol. The van der Waals surface area contributed by atoms with Gasteiger partial charge in [0.15, 0.2) is 11.5 Å². The maximum atomic E-state index is 11.7. The van der Waals surface area contributed by atoms with Crippen molar-refractivity contribution in [3.63, 3.8) is 0 Å². The number of hydrogen-bond acceptors (Lipinski definition) is 4. The van der Waals surface area contributed by atoms with Gasteiger partial charge in [-0.25, -0.2) is 0 Å². The molecule has 0 saturated carbocycles. The summed E-state index contributed by atoms with van der Waals surface area (Å²) in [6.07, 6.45) is 0.462. The number of para-hydroxylation sites is 1. The lowest BCUT2D eigenvalue weighted by Gasteiger charge is -2.21. The Labute approximate surface area is 126 Å². The second kappa shape index (κ2) is 6.80. The monoisotopic (exact) mass is 292 g/mol. The van der Waals surface area contributed by atoms with Crippen LogP contribution in [0.5, 0.6) is 11.5 Å². The summed E-state index contributed by atoms with van der Waals surface area (Å²) in [7, 11) is 0. The molecule has 0 aromatic heterocycles. The van der Waals surface area contributed by atoms with E-state index in [2.05, 4.69) is 10.6 Å². The predicted molar refractivity (Wildman–Crippen MR) is 81.7 cm³/mol. The molecule has 116 valence electrons. The molecule has 0 bridgehead atoms. The zero-order valence-corrected chi connectivity index (χ0v) is 13.0. The fourth-order valence-corrected chi connectivity index (χ4v) is 2.18. The average Bonchev–Trinajstić information content (AvgIpc) is 2.42. The van der Waals surface area contributed by atoms with Crippen LogP contribution in [0.1, 0.15) is 32.8 Å². The lowest BCUT2D eigenvalue weighted by atomic mass is 10.1. The first kappa shape index (κ1) is 15.6. The zero-order chi connectivity index (χ0) is 15.3. The van der Waals surface area contributed by atoms with Gasteiger partial charge in [0.25, 0.3) is 0 Å². The summed E-state index contributed by atoms with van der Waals surface area (Å²) < 4.78 is 11.2. The molecular weight excluding hydrogens is 268 g/mol. The van der Waals surface area contributed by atoms with Crippen LogP contribution in [0.15, 0.2) is 18.2 Å². The van der Waals surface area contributed by atoms with Gasteiger partial charge < -0.3 is 20.1 Å². The van der Waals surface area contributed by atoms with E-state index in [9.17, 15) is 4.79 Å². The van der Waals surface area contributed by atoms with E-state index >= 15 is 0 Å². The Balaban J connectivity index is 1.78. The lowest BCUT2D eigenvalue weighted by Crippen LogP contribution is -2.41. The van der Waals surface area contributed by atoms with Gasteiger partial charge >= 0.3 is 0 Å². The predicted octanol–water partition coefficient (Wildman–Crippen LogP) is 1.85. The summed E-state index contributed by atoms with van der Waals surface area (Å²) in [6.45, 7) is 8.40. The molecule has 1 heterocycles. The molecule has 5 nitrogen and oxygen atoms in total. The molecule has 5 heteroatoms. The molecule has 1 aliphatic rings. The van der Waals surface area contributed by atoms with Crippen molar-refractivity contribution in [2.75, 3.05) is 19.8 Å². The van der Waals surface area contributed by atoms with E-state index in [1.54, 1.807) is 0 Å². The molecule has 1 aliphatic heterocycles. The van der Waals surface area contributed by atoms with Crippen LogP contribution in [0.3, 0.4) is 0 Å². The van der Waals surface area contributed by atoms with E-state index in [1.165, 1.54) is 0 Å². The van der Waals surface area contributed by atoms with Crippen LogP contribution < -0.4 is 20.1 Å². The number of carbonyl (C=O) groups excluding carboxylic acids is 1. The molecule has 1 amide bonds. The van der Waals surface area contributed by atoms with Crippen LogP contribution in [0.4, 0.5) is 0 Å². The number of hydrogen-bond donors (Lipinski definition) is 2. The van der Waals surface area contributed by atoms with Crippen LogP contribution in [-0.4, -0.2) is 31.2 Å². The minimum atomic E-state index is -0.180. The van der Waals surface area contributed by atoms with E-state index in [1.807, 2.05) is 39.0 Å². The maximum Gasteiger partial charge on any atom is 0.221 e. The Morgan fingerprint density at radius 1 is 1.24 bits per heavy atom. The molecule has 0 spiro atoms. The second-order valence-electron chi connectivity index (χ2n) is 6.17. The van der Waals surface area contributed by atoms with Crippen LogP contribution in [-0.2, 0) is 11.3 Å². The Kier molecular flexibility index (Phi) is 5.07. The molecule has 0 fully saturated rings. The molecule has 0 atom stereocenters. The van der Waals surface area contributed by atoms with E-state index in [-0.39, 0.29) is 11.4 Å². The Morgan fingerprint density at radius 2 is 2.00 bits per heavy atom. The summed E-state index contributed by atoms with van der Waals surface area (Å²) in [4.78, 5) is 11.7. The van der Waals surface area contributed by atoms with Gasteiger partial charge in [0.1, 0.15) is 13.2 Å². The zero-order valence-electron chi connectivity index (χ0n) is 13.0. The van der Waals surface area contributed by atoms with Gasteiger partial charge in [0.2, 0.25) is 5.91 Å². The standard InChI is InChI=1S/C16H24N2O3/c1-16(2,3)18-14(19)7-8-17-11-12-5-4-6-13-15(12)21-10-9-20-13/h4-6,17H,7-11H2,1-3H3,(H,18,19). The van der Waals surface area contributed by atoms with Crippen molar-refractivity contribution >= 4 is 5.91 Å². The summed E-state index contributed by atoms with van der Waals surface area (Å²) in [6, 6.07) is 5.88. The highest BCUT2D eigenvalue weighted by Crippen LogP contribution is 2.33. The van der Waals surface area contributed by atoms with Crippen LogP contribution in [0.2, 0.25) is 0 Å². The second-order valence-corrected chi connectivity index (χ2v) is 6.17. The summed E-state index contributed by atoms with van der Waals surface area (Å²) in [5.74, 6) is 1.67. The van der Waals surface area contributed by atoms with E-state index in [0.717, 1.165) is 17.1 Å². The van der Waals surface area contributed by atoms with E-state index in [0.29, 0.717) is 32.7 Å². The molecule has 1 aromatic carbocycles. The Hall–Kier alpha value is -1.75. The summed E-state index contributed by atoms with van der Waals surface area (Å²) in [5, 5.41) is 6.22. The molecule has 0 radical (unpaired) electrons.